The molecule has 6 nitrogen and oxygen atoms in total. The average molecular weight is 360 g/mol. The second kappa shape index (κ2) is 11.4. The molecular weight excluding hydrogens is 330 g/mol. The molecule has 1 aromatic rings. The highest BCUT2D eigenvalue weighted by molar-refractivity contribution is 5.84. The van der Waals surface area contributed by atoms with Crippen molar-refractivity contribution in [3.8, 4) is 5.75 Å². The molecule has 0 atom stereocenters. The largest absolute Gasteiger partial charge is 0.411 e. The van der Waals surface area contributed by atoms with Crippen LogP contribution in [0.15, 0.2) is 24.3 Å². The number of amides is 2. The Labute approximate surface area is 155 Å². The Hall–Kier alpha value is -2.24. The van der Waals surface area contributed by atoms with Crippen molar-refractivity contribution in [2.24, 2.45) is 11.7 Å². The highest BCUT2D eigenvalue weighted by Gasteiger charge is 2.13. The highest BCUT2D eigenvalue weighted by atomic mass is 16.5. The fraction of sp³-hybridized carbons (Fsp3) is 0.550. The lowest BCUT2D eigenvalue weighted by molar-refractivity contribution is -0.118. The maximum atomic E-state index is 11.8. The lowest BCUT2D eigenvalue weighted by Crippen LogP contribution is -2.26. The van der Waals surface area contributed by atoms with Crippen LogP contribution < -0.4 is 21.1 Å². The van der Waals surface area contributed by atoms with Gasteiger partial charge in [0, 0.05) is 25.2 Å². The standard InChI is InChI=1S/C20H30N3O3/c21-20(25)26-18-12-10-17(11-13-18)22-14-5-15-23-19(24)9-4-8-16-6-2-1-3-7-16/h9-13,16,22H,1-8,14-15H2,(H2,21,25)(H,23,24). The van der Waals surface area contributed by atoms with E-state index in [9.17, 15) is 9.59 Å². The molecule has 1 fully saturated rings. The van der Waals surface area contributed by atoms with E-state index in [1.165, 1.54) is 32.1 Å². The molecule has 1 radical (unpaired) electrons. The molecule has 0 heterocycles. The number of nitrogens with one attached hydrogen (secondary N) is 2. The maximum Gasteiger partial charge on any atom is 0.409 e. The van der Waals surface area contributed by atoms with Gasteiger partial charge in [-0.15, -0.1) is 0 Å². The molecule has 143 valence electrons. The average Bonchev–Trinajstić information content (AvgIpc) is 2.63. The summed E-state index contributed by atoms with van der Waals surface area (Å²) in [7, 11) is 0. The fourth-order valence-electron chi connectivity index (χ4n) is 3.29. The summed E-state index contributed by atoms with van der Waals surface area (Å²) in [5.41, 5.74) is 5.88. The molecule has 1 aromatic carbocycles. The zero-order valence-electron chi connectivity index (χ0n) is 15.3. The van der Waals surface area contributed by atoms with Crippen LogP contribution in [0.3, 0.4) is 0 Å². The molecule has 4 N–H and O–H groups in total. The van der Waals surface area contributed by atoms with Crippen molar-refractivity contribution in [3.63, 3.8) is 0 Å². The Kier molecular flexibility index (Phi) is 8.79. The first kappa shape index (κ1) is 20.1. The number of hydrogen-bond donors (Lipinski definition) is 3. The van der Waals surface area contributed by atoms with Crippen LogP contribution in [0.2, 0.25) is 0 Å². The fourth-order valence-corrected chi connectivity index (χ4v) is 3.29. The summed E-state index contributed by atoms with van der Waals surface area (Å²) in [5.74, 6) is 1.27. The van der Waals surface area contributed by atoms with Crippen molar-refractivity contribution in [3.05, 3.63) is 30.7 Å². The number of carbonyl (C=O) groups is 2. The predicted octanol–water partition coefficient (Wildman–Crippen LogP) is 3.63. The molecule has 0 unspecified atom stereocenters. The second-order valence-corrected chi connectivity index (χ2v) is 6.80. The SMILES string of the molecule is NC(=O)Oc1ccc(NCCCNC(=O)[CH]CCC2CCCCC2)cc1. The van der Waals surface area contributed by atoms with Crippen molar-refractivity contribution >= 4 is 17.7 Å². The highest BCUT2D eigenvalue weighted by Crippen LogP contribution is 2.27. The smallest absolute Gasteiger partial charge is 0.409 e. The third-order valence-corrected chi connectivity index (χ3v) is 4.68. The van der Waals surface area contributed by atoms with E-state index in [1.54, 1.807) is 18.6 Å². The molecule has 1 aliphatic carbocycles. The summed E-state index contributed by atoms with van der Waals surface area (Å²) in [6.07, 6.45) is 10.6. The van der Waals surface area contributed by atoms with Gasteiger partial charge in [-0.3, -0.25) is 4.79 Å². The van der Waals surface area contributed by atoms with Crippen LogP contribution in [0.4, 0.5) is 10.5 Å². The molecule has 1 saturated carbocycles. The molecule has 0 aromatic heterocycles. The third-order valence-electron chi connectivity index (χ3n) is 4.68. The first-order chi connectivity index (χ1) is 12.6. The van der Waals surface area contributed by atoms with E-state index in [0.29, 0.717) is 12.3 Å². The van der Waals surface area contributed by atoms with Crippen LogP contribution in [0.1, 0.15) is 51.4 Å². The van der Waals surface area contributed by atoms with Crippen molar-refractivity contribution in [2.75, 3.05) is 18.4 Å². The van der Waals surface area contributed by atoms with E-state index in [2.05, 4.69) is 10.6 Å². The molecule has 0 spiro atoms. The molecule has 2 rings (SSSR count). The minimum atomic E-state index is -0.822. The Morgan fingerprint density at radius 2 is 1.85 bits per heavy atom. The zero-order chi connectivity index (χ0) is 18.6. The molecule has 0 aliphatic heterocycles. The monoisotopic (exact) mass is 360 g/mol. The third kappa shape index (κ3) is 8.23. The number of anilines is 1. The molecular formula is C20H30N3O3. The van der Waals surface area contributed by atoms with E-state index < -0.39 is 6.09 Å². The van der Waals surface area contributed by atoms with Gasteiger partial charge in [0.2, 0.25) is 5.91 Å². The Morgan fingerprint density at radius 1 is 1.12 bits per heavy atom. The lowest BCUT2D eigenvalue weighted by atomic mass is 9.86. The van der Waals surface area contributed by atoms with Gasteiger partial charge in [0.1, 0.15) is 5.75 Å². The van der Waals surface area contributed by atoms with Crippen molar-refractivity contribution in [1.29, 1.82) is 0 Å². The molecule has 0 saturated heterocycles. The summed E-state index contributed by atoms with van der Waals surface area (Å²) in [6.45, 7) is 1.40. The van der Waals surface area contributed by atoms with E-state index in [0.717, 1.165) is 37.4 Å². The van der Waals surface area contributed by atoms with E-state index in [-0.39, 0.29) is 5.91 Å². The van der Waals surface area contributed by atoms with Gasteiger partial charge in [-0.05, 0) is 49.4 Å². The minimum Gasteiger partial charge on any atom is -0.411 e. The number of rotatable bonds is 10. The first-order valence-corrected chi connectivity index (χ1v) is 9.56. The Bertz CT molecular complexity index is 554. The van der Waals surface area contributed by atoms with E-state index in [4.69, 9.17) is 10.5 Å². The maximum absolute atomic E-state index is 11.8. The van der Waals surface area contributed by atoms with Crippen LogP contribution >= 0.6 is 0 Å². The van der Waals surface area contributed by atoms with Gasteiger partial charge in [0.25, 0.3) is 0 Å². The van der Waals surface area contributed by atoms with Crippen molar-refractivity contribution in [2.45, 2.75) is 51.4 Å². The van der Waals surface area contributed by atoms with E-state index in [1.807, 2.05) is 12.1 Å². The Morgan fingerprint density at radius 3 is 2.54 bits per heavy atom. The van der Waals surface area contributed by atoms with Crippen LogP contribution in [0.25, 0.3) is 0 Å². The number of benzene rings is 1. The van der Waals surface area contributed by atoms with Gasteiger partial charge < -0.3 is 21.1 Å². The van der Waals surface area contributed by atoms with Crippen molar-refractivity contribution in [1.82, 2.24) is 5.32 Å². The van der Waals surface area contributed by atoms with Gasteiger partial charge in [-0.1, -0.05) is 32.1 Å². The molecule has 2 amide bonds. The summed E-state index contributed by atoms with van der Waals surface area (Å²) in [5, 5.41) is 6.18. The van der Waals surface area contributed by atoms with Gasteiger partial charge >= 0.3 is 6.09 Å². The van der Waals surface area contributed by atoms with E-state index >= 15 is 0 Å². The van der Waals surface area contributed by atoms with Crippen LogP contribution in [-0.4, -0.2) is 25.1 Å². The summed E-state index contributed by atoms with van der Waals surface area (Å²) in [4.78, 5) is 22.5. The number of ether oxygens (including phenoxy) is 1. The molecule has 26 heavy (non-hydrogen) atoms. The van der Waals surface area contributed by atoms with Gasteiger partial charge in [0.15, 0.2) is 0 Å². The van der Waals surface area contributed by atoms with Gasteiger partial charge in [-0.25, -0.2) is 4.79 Å². The zero-order valence-corrected chi connectivity index (χ0v) is 15.3. The summed E-state index contributed by atoms with van der Waals surface area (Å²) < 4.78 is 4.77. The number of carbonyl (C=O) groups excluding carboxylic acids is 2. The van der Waals surface area contributed by atoms with Crippen LogP contribution in [0.5, 0.6) is 5.75 Å². The lowest BCUT2D eigenvalue weighted by Gasteiger charge is -2.20. The second-order valence-electron chi connectivity index (χ2n) is 6.80. The van der Waals surface area contributed by atoms with Crippen LogP contribution in [-0.2, 0) is 4.79 Å². The predicted molar refractivity (Wildman–Crippen MR) is 103 cm³/mol. The quantitative estimate of drug-likeness (QED) is 0.556. The van der Waals surface area contributed by atoms with Gasteiger partial charge in [-0.2, -0.15) is 0 Å². The molecule has 6 heteroatoms. The first-order valence-electron chi connectivity index (χ1n) is 9.56. The molecule has 1 aliphatic rings. The number of nitrogens with two attached hydrogens (primary N) is 1. The summed E-state index contributed by atoms with van der Waals surface area (Å²) >= 11 is 0. The molecule has 0 bridgehead atoms. The van der Waals surface area contributed by atoms with Crippen LogP contribution in [0, 0.1) is 12.3 Å². The number of primary amides is 1. The normalized spacial score (nSPS) is 14.6. The van der Waals surface area contributed by atoms with Gasteiger partial charge in [0.05, 0.1) is 0 Å². The number of hydrogen-bond acceptors (Lipinski definition) is 4. The summed E-state index contributed by atoms with van der Waals surface area (Å²) in [6, 6.07) is 6.98. The topological polar surface area (TPSA) is 93.5 Å². The van der Waals surface area contributed by atoms with Crippen molar-refractivity contribution < 1.29 is 14.3 Å². The Balaban J connectivity index is 1.49. The minimum absolute atomic E-state index is 0.0359.